The molecule has 0 bridgehead atoms. The second kappa shape index (κ2) is 7.19. The highest BCUT2D eigenvalue weighted by Gasteiger charge is 2.49. The molecule has 2 rings (SSSR count). The number of hydrogen-bond acceptors (Lipinski definition) is 4. The van der Waals surface area contributed by atoms with Gasteiger partial charge in [0.15, 0.2) is 0 Å². The second-order valence-electron chi connectivity index (χ2n) is 6.50. The van der Waals surface area contributed by atoms with E-state index in [1.165, 1.54) is 0 Å². The number of amides is 1. The van der Waals surface area contributed by atoms with Gasteiger partial charge in [-0.25, -0.2) is 4.79 Å². The van der Waals surface area contributed by atoms with E-state index in [0.717, 1.165) is 5.56 Å². The van der Waals surface area contributed by atoms with Crippen LogP contribution in [0, 0.1) is 0 Å². The van der Waals surface area contributed by atoms with Crippen molar-refractivity contribution in [1.82, 2.24) is 5.32 Å². The van der Waals surface area contributed by atoms with Gasteiger partial charge in [-0.2, -0.15) is 0 Å². The van der Waals surface area contributed by atoms with Crippen LogP contribution in [-0.4, -0.2) is 31.0 Å². The molecule has 1 aromatic carbocycles. The van der Waals surface area contributed by atoms with Crippen LogP contribution >= 0.6 is 0 Å². The van der Waals surface area contributed by atoms with Crippen molar-refractivity contribution in [3.63, 3.8) is 0 Å². The monoisotopic (exact) mass is 317 g/mol. The zero-order valence-corrected chi connectivity index (χ0v) is 14.2. The summed E-state index contributed by atoms with van der Waals surface area (Å²) in [5.41, 5.74) is 0.240. The van der Waals surface area contributed by atoms with E-state index in [9.17, 15) is 4.79 Å². The van der Waals surface area contributed by atoms with Gasteiger partial charge in [-0.05, 0) is 33.3 Å². The van der Waals surface area contributed by atoms with Gasteiger partial charge >= 0.3 is 13.2 Å². The molecular weight excluding hydrogens is 293 g/mol. The van der Waals surface area contributed by atoms with Gasteiger partial charge < -0.3 is 19.4 Å². The minimum atomic E-state index is -0.451. The van der Waals surface area contributed by atoms with Crippen LogP contribution in [0.2, 0.25) is 0 Å². The topological polar surface area (TPSA) is 56.8 Å². The predicted molar refractivity (Wildman–Crippen MR) is 89.9 cm³/mol. The molecule has 124 valence electrons. The first-order valence-corrected chi connectivity index (χ1v) is 7.77. The Morgan fingerprint density at radius 3 is 2.39 bits per heavy atom. The summed E-state index contributed by atoms with van der Waals surface area (Å²) >= 11 is 0. The first kappa shape index (κ1) is 17.6. The molecule has 0 atom stereocenters. The molecule has 0 aliphatic carbocycles. The Kier molecular flexibility index (Phi) is 5.49. The number of nitrogens with one attached hydrogen (secondary N) is 1. The van der Waals surface area contributed by atoms with E-state index < -0.39 is 13.2 Å². The summed E-state index contributed by atoms with van der Waals surface area (Å²) in [5, 5.41) is 2.66. The van der Waals surface area contributed by atoms with Crippen LogP contribution in [0.4, 0.5) is 4.79 Å². The van der Waals surface area contributed by atoms with Crippen molar-refractivity contribution in [3.05, 3.63) is 47.9 Å². The molecule has 1 aliphatic rings. The molecule has 1 amide bonds. The van der Waals surface area contributed by atoms with Crippen molar-refractivity contribution in [2.24, 2.45) is 0 Å². The quantitative estimate of drug-likeness (QED) is 0.848. The molecule has 1 heterocycles. The number of hydrogen-bond donors (Lipinski definition) is 1. The minimum absolute atomic E-state index is 0.258. The number of carbonyl (C=O) groups excluding carboxylic acids is 1. The summed E-state index contributed by atoms with van der Waals surface area (Å²) < 4.78 is 16.8. The third-order valence-corrected chi connectivity index (χ3v) is 4.14. The van der Waals surface area contributed by atoms with Crippen molar-refractivity contribution < 1.29 is 18.8 Å². The molecule has 0 spiro atoms. The first-order valence-electron chi connectivity index (χ1n) is 7.77. The van der Waals surface area contributed by atoms with E-state index in [2.05, 4.69) is 5.32 Å². The van der Waals surface area contributed by atoms with Crippen molar-refractivity contribution in [1.29, 1.82) is 0 Å². The summed E-state index contributed by atoms with van der Waals surface area (Å²) in [6, 6.07) is 9.55. The zero-order chi connectivity index (χ0) is 16.9. The van der Waals surface area contributed by atoms with Crippen molar-refractivity contribution in [2.75, 3.05) is 6.54 Å². The standard InChI is InChI=1S/C17H24BNO4/c1-16(2)17(3,4)23-18(22-16)11-8-12-19-15(20)21-13-14-9-6-5-7-10-14/h5-11H,12-13H2,1-4H3,(H,19,20). The van der Waals surface area contributed by atoms with Gasteiger partial charge in [-0.1, -0.05) is 42.4 Å². The minimum Gasteiger partial charge on any atom is -0.445 e. The lowest BCUT2D eigenvalue weighted by Crippen LogP contribution is -2.41. The third-order valence-electron chi connectivity index (χ3n) is 4.14. The maximum absolute atomic E-state index is 11.6. The lowest BCUT2D eigenvalue weighted by Gasteiger charge is -2.32. The molecule has 1 N–H and O–H groups in total. The van der Waals surface area contributed by atoms with Gasteiger partial charge in [0.25, 0.3) is 0 Å². The van der Waals surface area contributed by atoms with Crippen LogP contribution in [0.1, 0.15) is 33.3 Å². The largest absolute Gasteiger partial charge is 0.486 e. The van der Waals surface area contributed by atoms with Crippen LogP contribution in [0.15, 0.2) is 42.4 Å². The molecular formula is C17H24BNO4. The molecule has 5 nitrogen and oxygen atoms in total. The van der Waals surface area contributed by atoms with Crippen molar-refractivity contribution in [3.8, 4) is 0 Å². The summed E-state index contributed by atoms with van der Waals surface area (Å²) in [7, 11) is -0.401. The SMILES string of the molecule is CC1(C)OB(C=CCNC(=O)OCc2ccccc2)OC1(C)C. The van der Waals surface area contributed by atoms with Gasteiger partial charge in [-0.3, -0.25) is 0 Å². The van der Waals surface area contributed by atoms with Gasteiger partial charge in [0, 0.05) is 6.54 Å². The second-order valence-corrected chi connectivity index (χ2v) is 6.50. The highest BCUT2D eigenvalue weighted by molar-refractivity contribution is 6.51. The van der Waals surface area contributed by atoms with E-state index in [4.69, 9.17) is 14.0 Å². The number of carbonyl (C=O) groups is 1. The summed E-state index contributed by atoms with van der Waals surface area (Å²) in [6.07, 6.45) is 1.35. The van der Waals surface area contributed by atoms with Crippen LogP contribution in [0.25, 0.3) is 0 Å². The molecule has 0 radical (unpaired) electrons. The molecule has 1 saturated heterocycles. The first-order chi connectivity index (χ1) is 10.8. The molecule has 0 saturated carbocycles. The van der Waals surface area contributed by atoms with E-state index in [0.29, 0.717) is 6.54 Å². The number of ether oxygens (including phenoxy) is 1. The van der Waals surface area contributed by atoms with Crippen LogP contribution in [-0.2, 0) is 20.7 Å². The maximum Gasteiger partial charge on any atom is 0.486 e. The summed E-state index contributed by atoms with van der Waals surface area (Å²) in [4.78, 5) is 11.6. The number of benzene rings is 1. The lowest BCUT2D eigenvalue weighted by molar-refractivity contribution is 0.00578. The Bertz CT molecular complexity index is 541. The highest BCUT2D eigenvalue weighted by atomic mass is 16.7. The fourth-order valence-electron chi connectivity index (χ4n) is 2.06. The van der Waals surface area contributed by atoms with Gasteiger partial charge in [0.1, 0.15) is 6.61 Å². The fourth-order valence-corrected chi connectivity index (χ4v) is 2.06. The van der Waals surface area contributed by atoms with Gasteiger partial charge in [0.2, 0.25) is 0 Å². The Morgan fingerprint density at radius 2 is 1.78 bits per heavy atom. The number of alkyl carbamates (subject to hydrolysis) is 1. The average molecular weight is 317 g/mol. The zero-order valence-electron chi connectivity index (χ0n) is 14.2. The van der Waals surface area contributed by atoms with E-state index in [-0.39, 0.29) is 17.8 Å². The average Bonchev–Trinajstić information content (AvgIpc) is 2.70. The van der Waals surface area contributed by atoms with Crippen molar-refractivity contribution in [2.45, 2.75) is 45.5 Å². The van der Waals surface area contributed by atoms with E-state index in [1.807, 2.05) is 58.0 Å². The Balaban J connectivity index is 1.68. The Morgan fingerprint density at radius 1 is 1.17 bits per heavy atom. The maximum atomic E-state index is 11.6. The van der Waals surface area contributed by atoms with Crippen LogP contribution < -0.4 is 5.32 Å². The summed E-state index contributed by atoms with van der Waals surface area (Å²) in [6.45, 7) is 8.62. The lowest BCUT2D eigenvalue weighted by atomic mass is 9.90. The molecule has 23 heavy (non-hydrogen) atoms. The van der Waals surface area contributed by atoms with Gasteiger partial charge in [-0.15, -0.1) is 0 Å². The van der Waals surface area contributed by atoms with Gasteiger partial charge in [0.05, 0.1) is 11.2 Å². The van der Waals surface area contributed by atoms with Crippen molar-refractivity contribution >= 4 is 13.2 Å². The van der Waals surface area contributed by atoms with E-state index >= 15 is 0 Å². The molecule has 0 aromatic heterocycles. The molecule has 1 fully saturated rings. The highest BCUT2D eigenvalue weighted by Crippen LogP contribution is 2.36. The predicted octanol–water partition coefficient (Wildman–Crippen LogP) is 3.10. The summed E-state index contributed by atoms with van der Waals surface area (Å²) in [5.74, 6) is 1.80. The Hall–Kier alpha value is -1.79. The van der Waals surface area contributed by atoms with E-state index in [1.54, 1.807) is 12.1 Å². The fraction of sp³-hybridized carbons (Fsp3) is 0.471. The molecule has 0 unspecified atom stereocenters. The molecule has 1 aliphatic heterocycles. The van der Waals surface area contributed by atoms with Crippen LogP contribution in [0.5, 0.6) is 0 Å². The van der Waals surface area contributed by atoms with Crippen LogP contribution in [0.3, 0.4) is 0 Å². The molecule has 6 heteroatoms. The number of rotatable bonds is 5. The third kappa shape index (κ3) is 4.84. The normalized spacial score (nSPS) is 19.0. The smallest absolute Gasteiger partial charge is 0.445 e. The molecule has 1 aromatic rings. The Labute approximate surface area is 138 Å².